The molecule has 0 radical (unpaired) electrons. The summed E-state index contributed by atoms with van der Waals surface area (Å²) in [5.74, 6) is 0.518. The quantitative estimate of drug-likeness (QED) is 0.738. The van der Waals surface area contributed by atoms with Gasteiger partial charge in [-0.3, -0.25) is 0 Å². The van der Waals surface area contributed by atoms with Crippen LogP contribution in [0.25, 0.3) is 0 Å². The molecule has 0 saturated heterocycles. The second-order valence-corrected chi connectivity index (χ2v) is 6.89. The maximum atomic E-state index is 11.4. The molecule has 0 bridgehead atoms. The molecule has 0 spiro atoms. The second kappa shape index (κ2) is 7.54. The van der Waals surface area contributed by atoms with Gasteiger partial charge in [-0.15, -0.1) is 0 Å². The zero-order valence-corrected chi connectivity index (χ0v) is 12.0. The Bertz CT molecular complexity index is 428. The second-order valence-electron chi connectivity index (χ2n) is 4.42. The van der Waals surface area contributed by atoms with Gasteiger partial charge < -0.3 is 5.32 Å². The van der Waals surface area contributed by atoms with E-state index in [4.69, 9.17) is 0 Å². The zero-order valence-electron chi connectivity index (χ0n) is 11.2. The van der Waals surface area contributed by atoms with Crippen LogP contribution in [0.2, 0.25) is 0 Å². The lowest BCUT2D eigenvalue weighted by Crippen LogP contribution is -2.24. The number of hydrogen-bond acceptors (Lipinski definition) is 3. The molecule has 0 aromatic heterocycles. The third-order valence-electron chi connectivity index (χ3n) is 3.07. The maximum Gasteiger partial charge on any atom is 0.150 e. The summed E-state index contributed by atoms with van der Waals surface area (Å²) in [7, 11) is -2.83. The predicted octanol–water partition coefficient (Wildman–Crippen LogP) is 2.55. The van der Waals surface area contributed by atoms with Crippen LogP contribution < -0.4 is 5.32 Å². The highest BCUT2D eigenvalue weighted by atomic mass is 32.2. The monoisotopic (exact) mass is 269 g/mol. The van der Waals surface area contributed by atoms with E-state index in [0.717, 1.165) is 13.0 Å². The van der Waals surface area contributed by atoms with E-state index < -0.39 is 9.84 Å². The van der Waals surface area contributed by atoms with Gasteiger partial charge in [0.25, 0.3) is 0 Å². The van der Waals surface area contributed by atoms with Gasteiger partial charge in [-0.25, -0.2) is 8.42 Å². The van der Waals surface area contributed by atoms with E-state index in [2.05, 4.69) is 24.4 Å². The van der Waals surface area contributed by atoms with Crippen LogP contribution in [0.3, 0.4) is 0 Å². The first-order chi connectivity index (χ1) is 8.59. The molecule has 3 nitrogen and oxygen atoms in total. The average molecular weight is 269 g/mol. The molecule has 4 heteroatoms. The maximum absolute atomic E-state index is 11.4. The number of hydrogen-bond donors (Lipinski definition) is 1. The summed E-state index contributed by atoms with van der Waals surface area (Å²) in [6.07, 6.45) is 1.68. The van der Waals surface area contributed by atoms with Crippen LogP contribution in [-0.2, 0) is 9.84 Å². The Morgan fingerprint density at radius 1 is 1.17 bits per heavy atom. The molecule has 18 heavy (non-hydrogen) atoms. The summed E-state index contributed by atoms with van der Waals surface area (Å²) in [4.78, 5) is 0. The summed E-state index contributed by atoms with van der Waals surface area (Å²) in [5.41, 5.74) is 1.26. The molecule has 0 aliphatic heterocycles. The fourth-order valence-corrected chi connectivity index (χ4v) is 2.77. The molecule has 0 saturated carbocycles. The standard InChI is InChI=1S/C14H23NO2S/c1-3-14(13-9-6-5-7-10-13)15-11-8-12-18(16,17)4-2/h5-7,9-10,14-15H,3-4,8,11-12H2,1-2H3. The molecule has 102 valence electrons. The van der Waals surface area contributed by atoms with Crippen LogP contribution in [-0.4, -0.2) is 26.5 Å². The molecule has 1 atom stereocenters. The SMILES string of the molecule is CCC(NCCCS(=O)(=O)CC)c1ccccc1. The average Bonchev–Trinajstić information content (AvgIpc) is 2.40. The Hall–Kier alpha value is -0.870. The van der Waals surface area contributed by atoms with E-state index in [1.807, 2.05) is 18.2 Å². The molecule has 1 N–H and O–H groups in total. The van der Waals surface area contributed by atoms with E-state index in [-0.39, 0.29) is 11.5 Å². The Kier molecular flexibility index (Phi) is 6.36. The van der Waals surface area contributed by atoms with Crippen LogP contribution in [0.4, 0.5) is 0 Å². The fraction of sp³-hybridized carbons (Fsp3) is 0.571. The number of nitrogens with one attached hydrogen (secondary N) is 1. The topological polar surface area (TPSA) is 46.2 Å². The first kappa shape index (κ1) is 15.2. The van der Waals surface area contributed by atoms with Gasteiger partial charge >= 0.3 is 0 Å². The molecular formula is C14H23NO2S. The van der Waals surface area contributed by atoms with Crippen molar-refractivity contribution in [3.05, 3.63) is 35.9 Å². The summed E-state index contributed by atoms with van der Waals surface area (Å²) in [5, 5.41) is 3.42. The van der Waals surface area contributed by atoms with Crippen LogP contribution in [0.15, 0.2) is 30.3 Å². The first-order valence-electron chi connectivity index (χ1n) is 6.57. The van der Waals surface area contributed by atoms with Gasteiger partial charge in [0.2, 0.25) is 0 Å². The smallest absolute Gasteiger partial charge is 0.150 e. The Morgan fingerprint density at radius 3 is 2.39 bits per heavy atom. The summed E-state index contributed by atoms with van der Waals surface area (Å²) in [6.45, 7) is 4.57. The van der Waals surface area contributed by atoms with Crippen LogP contribution in [0.5, 0.6) is 0 Å². The van der Waals surface area contributed by atoms with Crippen molar-refractivity contribution in [2.75, 3.05) is 18.1 Å². The molecular weight excluding hydrogens is 246 g/mol. The lowest BCUT2D eigenvalue weighted by Gasteiger charge is -2.17. The lowest BCUT2D eigenvalue weighted by molar-refractivity contribution is 0.516. The summed E-state index contributed by atoms with van der Waals surface area (Å²) < 4.78 is 22.7. The zero-order chi connectivity index (χ0) is 13.4. The van der Waals surface area contributed by atoms with E-state index in [9.17, 15) is 8.42 Å². The Balaban J connectivity index is 2.38. The van der Waals surface area contributed by atoms with E-state index in [0.29, 0.717) is 12.5 Å². The minimum atomic E-state index is -2.83. The molecule has 0 amide bonds. The van der Waals surface area contributed by atoms with Crippen LogP contribution in [0, 0.1) is 0 Å². The molecule has 1 rings (SSSR count). The van der Waals surface area contributed by atoms with E-state index in [1.165, 1.54) is 5.56 Å². The molecule has 1 aromatic rings. The van der Waals surface area contributed by atoms with Crippen molar-refractivity contribution in [3.63, 3.8) is 0 Å². The highest BCUT2D eigenvalue weighted by molar-refractivity contribution is 7.91. The van der Waals surface area contributed by atoms with Crippen LogP contribution >= 0.6 is 0 Å². The van der Waals surface area contributed by atoms with Gasteiger partial charge in [-0.05, 0) is 24.9 Å². The molecule has 0 aliphatic rings. The molecule has 0 heterocycles. The van der Waals surface area contributed by atoms with Crippen molar-refractivity contribution in [2.45, 2.75) is 32.7 Å². The number of benzene rings is 1. The molecule has 0 fully saturated rings. The third kappa shape index (κ3) is 5.19. The molecule has 1 unspecified atom stereocenters. The van der Waals surface area contributed by atoms with Gasteiger partial charge in [0.15, 0.2) is 0 Å². The predicted molar refractivity (Wildman–Crippen MR) is 76.4 cm³/mol. The van der Waals surface area contributed by atoms with Crippen molar-refractivity contribution in [3.8, 4) is 0 Å². The van der Waals surface area contributed by atoms with Crippen molar-refractivity contribution >= 4 is 9.84 Å². The Labute approximate surface area is 111 Å². The van der Waals surface area contributed by atoms with Crippen molar-refractivity contribution < 1.29 is 8.42 Å². The van der Waals surface area contributed by atoms with Gasteiger partial charge in [0, 0.05) is 11.8 Å². The van der Waals surface area contributed by atoms with Gasteiger partial charge in [-0.2, -0.15) is 0 Å². The van der Waals surface area contributed by atoms with E-state index in [1.54, 1.807) is 6.92 Å². The normalized spacial score (nSPS) is 13.4. The minimum Gasteiger partial charge on any atom is -0.310 e. The molecule has 1 aromatic carbocycles. The van der Waals surface area contributed by atoms with Crippen molar-refractivity contribution in [1.29, 1.82) is 0 Å². The highest BCUT2D eigenvalue weighted by Crippen LogP contribution is 2.15. The van der Waals surface area contributed by atoms with Gasteiger partial charge in [0.1, 0.15) is 9.84 Å². The molecule has 0 aliphatic carbocycles. The van der Waals surface area contributed by atoms with Crippen molar-refractivity contribution in [1.82, 2.24) is 5.32 Å². The van der Waals surface area contributed by atoms with Gasteiger partial charge in [-0.1, -0.05) is 44.2 Å². The lowest BCUT2D eigenvalue weighted by atomic mass is 10.0. The largest absolute Gasteiger partial charge is 0.310 e. The first-order valence-corrected chi connectivity index (χ1v) is 8.40. The summed E-state index contributed by atoms with van der Waals surface area (Å²) >= 11 is 0. The third-order valence-corrected chi connectivity index (χ3v) is 4.86. The van der Waals surface area contributed by atoms with E-state index >= 15 is 0 Å². The Morgan fingerprint density at radius 2 is 1.83 bits per heavy atom. The van der Waals surface area contributed by atoms with Gasteiger partial charge in [0.05, 0.1) is 5.75 Å². The number of rotatable bonds is 8. The minimum absolute atomic E-state index is 0.239. The van der Waals surface area contributed by atoms with Crippen molar-refractivity contribution in [2.24, 2.45) is 0 Å². The highest BCUT2D eigenvalue weighted by Gasteiger charge is 2.09. The summed E-state index contributed by atoms with van der Waals surface area (Å²) in [6, 6.07) is 10.6. The number of sulfone groups is 1. The van der Waals surface area contributed by atoms with Crippen LogP contribution in [0.1, 0.15) is 38.3 Å². The fourth-order valence-electron chi connectivity index (χ4n) is 1.90.